The Balaban J connectivity index is 2.16. The zero-order valence-electron chi connectivity index (χ0n) is 17.0. The molecule has 0 bridgehead atoms. The largest absolute Gasteiger partial charge is 0.497 e. The lowest BCUT2D eigenvalue weighted by atomic mass is 9.79. The number of amides is 2. The number of nitrogens with zero attached hydrogens (tertiary/aromatic N) is 1. The van der Waals surface area contributed by atoms with Gasteiger partial charge in [-0.2, -0.15) is 0 Å². The summed E-state index contributed by atoms with van der Waals surface area (Å²) in [5.74, 6) is -2.32. The van der Waals surface area contributed by atoms with Gasteiger partial charge in [0.2, 0.25) is 17.4 Å². The molecule has 4 atom stereocenters. The lowest BCUT2D eigenvalue weighted by molar-refractivity contribution is -0.735. The molecule has 9 heteroatoms. The van der Waals surface area contributed by atoms with Crippen molar-refractivity contribution in [2.24, 2.45) is 11.8 Å². The zero-order valence-corrected chi connectivity index (χ0v) is 17.0. The zero-order chi connectivity index (χ0) is 21.3. The highest BCUT2D eigenvalue weighted by atomic mass is 16.5. The fraction of sp³-hybridized carbons (Fsp3) is 0.550. The number of esters is 1. The van der Waals surface area contributed by atoms with Crippen LogP contribution in [0.25, 0.3) is 0 Å². The Morgan fingerprint density at radius 2 is 1.93 bits per heavy atom. The number of quaternary nitrogens is 1. The van der Waals surface area contributed by atoms with Crippen LogP contribution in [0.15, 0.2) is 18.2 Å². The first-order valence-corrected chi connectivity index (χ1v) is 9.61. The normalized spacial score (nSPS) is 28.4. The van der Waals surface area contributed by atoms with E-state index in [4.69, 9.17) is 14.2 Å². The Morgan fingerprint density at radius 3 is 2.48 bits per heavy atom. The first-order chi connectivity index (χ1) is 13.9. The summed E-state index contributed by atoms with van der Waals surface area (Å²) in [5.41, 5.74) is -0.950. The van der Waals surface area contributed by atoms with Crippen molar-refractivity contribution < 1.29 is 39.0 Å². The molecule has 0 saturated carbocycles. The fourth-order valence-electron chi connectivity index (χ4n) is 4.55. The number of methoxy groups -OCH3 is 2. The van der Waals surface area contributed by atoms with E-state index in [0.717, 1.165) is 4.90 Å². The van der Waals surface area contributed by atoms with E-state index in [1.165, 1.54) is 14.2 Å². The van der Waals surface area contributed by atoms with E-state index >= 15 is 0 Å². The van der Waals surface area contributed by atoms with Gasteiger partial charge in [-0.25, -0.2) is 4.79 Å². The van der Waals surface area contributed by atoms with Crippen LogP contribution in [0.1, 0.15) is 25.5 Å². The Kier molecular flexibility index (Phi) is 5.81. The van der Waals surface area contributed by atoms with Gasteiger partial charge in [0, 0.05) is 12.6 Å². The molecule has 0 aromatic heterocycles. The number of aliphatic hydroxyl groups excluding tert-OH is 1. The Labute approximate surface area is 168 Å². The number of benzene rings is 1. The van der Waals surface area contributed by atoms with E-state index < -0.39 is 41.9 Å². The molecule has 0 unspecified atom stereocenters. The molecule has 1 aromatic carbocycles. The third-order valence-corrected chi connectivity index (χ3v) is 5.89. The second kappa shape index (κ2) is 8.00. The number of aliphatic hydroxyl groups is 1. The molecule has 2 saturated heterocycles. The van der Waals surface area contributed by atoms with Gasteiger partial charge in [-0.05, 0) is 26.0 Å². The minimum atomic E-state index is -1.59. The molecule has 2 aliphatic rings. The molecule has 0 aliphatic carbocycles. The van der Waals surface area contributed by atoms with Gasteiger partial charge in [0.1, 0.15) is 36.0 Å². The number of imide groups is 1. The highest BCUT2D eigenvalue weighted by Gasteiger charge is 2.72. The van der Waals surface area contributed by atoms with Gasteiger partial charge in [-0.3, -0.25) is 14.5 Å². The standard InChI is InChI=1S/C20H26N2O7/c1-5-22-17(24)14-15(18(22)25)20(10-23,19(26)29-6-2)21-16(14)12-8-7-11(27-3)9-13(12)28-4/h7-9,14-16,21,23H,5-6,10H2,1-4H3/p+1/t14-,15+,16-,20+/m0/s1. The van der Waals surface area contributed by atoms with Crippen LogP contribution in [0.4, 0.5) is 0 Å². The van der Waals surface area contributed by atoms with Crippen molar-refractivity contribution >= 4 is 17.8 Å². The van der Waals surface area contributed by atoms with Crippen LogP contribution in [-0.4, -0.2) is 67.3 Å². The third kappa shape index (κ3) is 3.05. The van der Waals surface area contributed by atoms with Crippen molar-refractivity contribution in [2.45, 2.75) is 25.4 Å². The summed E-state index contributed by atoms with van der Waals surface area (Å²) < 4.78 is 15.9. The topological polar surface area (TPSA) is 119 Å². The van der Waals surface area contributed by atoms with Crippen molar-refractivity contribution in [1.82, 2.24) is 4.90 Å². The maximum Gasteiger partial charge on any atom is 0.371 e. The summed E-state index contributed by atoms with van der Waals surface area (Å²) in [6, 6.07) is 4.55. The van der Waals surface area contributed by atoms with Crippen LogP contribution in [-0.2, 0) is 19.1 Å². The number of hydrogen-bond donors (Lipinski definition) is 2. The minimum Gasteiger partial charge on any atom is -0.497 e. The van der Waals surface area contributed by atoms with Gasteiger partial charge >= 0.3 is 5.97 Å². The van der Waals surface area contributed by atoms with E-state index in [-0.39, 0.29) is 19.1 Å². The first kappa shape index (κ1) is 21.1. The highest BCUT2D eigenvalue weighted by molar-refractivity contribution is 6.08. The molecular formula is C20H27N2O7+. The SMILES string of the molecule is CCOC(=O)[C@]1(CO)[NH2+][C@@H](c2ccc(OC)cc2OC)[C@H]2C(=O)N(CC)C(=O)[C@@H]21. The molecule has 0 spiro atoms. The van der Waals surface area contributed by atoms with Gasteiger partial charge in [0.25, 0.3) is 0 Å². The summed E-state index contributed by atoms with van der Waals surface area (Å²) in [7, 11) is 3.03. The molecule has 3 N–H and O–H groups in total. The maximum absolute atomic E-state index is 13.1. The molecule has 2 heterocycles. The van der Waals surface area contributed by atoms with Crippen LogP contribution in [0.2, 0.25) is 0 Å². The van der Waals surface area contributed by atoms with Crippen LogP contribution < -0.4 is 14.8 Å². The van der Waals surface area contributed by atoms with Crippen molar-refractivity contribution in [2.75, 3.05) is 34.0 Å². The van der Waals surface area contributed by atoms with E-state index in [9.17, 15) is 19.5 Å². The molecule has 158 valence electrons. The Bertz CT molecular complexity index is 827. The molecule has 1 aromatic rings. The summed E-state index contributed by atoms with van der Waals surface area (Å²) >= 11 is 0. The van der Waals surface area contributed by atoms with E-state index in [1.807, 2.05) is 0 Å². The van der Waals surface area contributed by atoms with Crippen LogP contribution >= 0.6 is 0 Å². The second-order valence-electron chi connectivity index (χ2n) is 7.14. The van der Waals surface area contributed by atoms with Gasteiger partial charge in [-0.1, -0.05) is 0 Å². The maximum atomic E-state index is 13.1. The molecule has 0 radical (unpaired) electrons. The molecule has 2 aliphatic heterocycles. The lowest BCUT2D eigenvalue weighted by Gasteiger charge is -2.27. The summed E-state index contributed by atoms with van der Waals surface area (Å²) in [4.78, 5) is 40.2. The van der Waals surface area contributed by atoms with Crippen molar-refractivity contribution in [1.29, 1.82) is 0 Å². The molecule has 3 rings (SSSR count). The number of carbonyl (C=O) groups excluding carboxylic acids is 3. The Hall–Kier alpha value is -2.65. The third-order valence-electron chi connectivity index (χ3n) is 5.89. The minimum absolute atomic E-state index is 0.0992. The predicted octanol–water partition coefficient (Wildman–Crippen LogP) is -0.763. The van der Waals surface area contributed by atoms with E-state index in [0.29, 0.717) is 17.1 Å². The van der Waals surface area contributed by atoms with Crippen LogP contribution in [0.3, 0.4) is 0 Å². The van der Waals surface area contributed by atoms with Gasteiger partial charge < -0.3 is 24.6 Å². The van der Waals surface area contributed by atoms with Crippen molar-refractivity contribution in [3.63, 3.8) is 0 Å². The molecule has 2 amide bonds. The van der Waals surface area contributed by atoms with E-state index in [2.05, 4.69) is 0 Å². The number of ether oxygens (including phenoxy) is 3. The number of rotatable bonds is 7. The average molecular weight is 407 g/mol. The van der Waals surface area contributed by atoms with Crippen LogP contribution in [0, 0.1) is 11.8 Å². The lowest BCUT2D eigenvalue weighted by Crippen LogP contribution is -2.99. The number of fused-ring (bicyclic) bond motifs is 1. The van der Waals surface area contributed by atoms with Crippen molar-refractivity contribution in [3.05, 3.63) is 23.8 Å². The summed E-state index contributed by atoms with van der Waals surface area (Å²) in [5, 5.41) is 11.8. The number of hydrogen-bond acceptors (Lipinski definition) is 7. The summed E-state index contributed by atoms with van der Waals surface area (Å²) in [6.07, 6.45) is 0. The monoisotopic (exact) mass is 407 g/mol. The average Bonchev–Trinajstić information content (AvgIpc) is 3.21. The van der Waals surface area contributed by atoms with Crippen molar-refractivity contribution in [3.8, 4) is 11.5 Å². The predicted molar refractivity (Wildman–Crippen MR) is 100 cm³/mol. The summed E-state index contributed by atoms with van der Waals surface area (Å²) in [6.45, 7) is 3.02. The second-order valence-corrected chi connectivity index (χ2v) is 7.14. The molecular weight excluding hydrogens is 380 g/mol. The van der Waals surface area contributed by atoms with E-state index in [1.54, 1.807) is 37.4 Å². The number of likely N-dealkylation sites (tertiary alicyclic amines) is 1. The van der Waals surface area contributed by atoms with Gasteiger partial charge in [0.15, 0.2) is 0 Å². The molecule has 29 heavy (non-hydrogen) atoms. The van der Waals surface area contributed by atoms with Gasteiger partial charge in [-0.15, -0.1) is 0 Å². The highest BCUT2D eigenvalue weighted by Crippen LogP contribution is 2.46. The smallest absolute Gasteiger partial charge is 0.371 e. The molecule has 9 nitrogen and oxygen atoms in total. The molecule has 2 fully saturated rings. The Morgan fingerprint density at radius 1 is 1.21 bits per heavy atom. The first-order valence-electron chi connectivity index (χ1n) is 9.61. The number of carbonyl (C=O) groups is 3. The van der Waals surface area contributed by atoms with Gasteiger partial charge in [0.05, 0.1) is 26.4 Å². The number of nitrogens with two attached hydrogens (primary N) is 1. The van der Waals surface area contributed by atoms with Crippen LogP contribution in [0.5, 0.6) is 11.5 Å². The fourth-order valence-corrected chi connectivity index (χ4v) is 4.55. The quantitative estimate of drug-likeness (QED) is 0.450.